The van der Waals surface area contributed by atoms with Crippen LogP contribution in [0.2, 0.25) is 0 Å². The van der Waals surface area contributed by atoms with Crippen molar-refractivity contribution in [2.45, 2.75) is 49.4 Å². The summed E-state index contributed by atoms with van der Waals surface area (Å²) in [7, 11) is 0. The van der Waals surface area contributed by atoms with Gasteiger partial charge in [-0.25, -0.2) is 0 Å². The molecule has 4 aliphatic rings. The summed E-state index contributed by atoms with van der Waals surface area (Å²) in [6.07, 6.45) is 10.1. The molecule has 4 saturated carbocycles. The molecule has 0 spiro atoms. The maximum atomic E-state index is 3.99. The van der Waals surface area contributed by atoms with Crippen molar-refractivity contribution in [2.75, 3.05) is 0 Å². The minimum atomic E-state index is 0.274. The molecule has 0 aliphatic heterocycles. The molecule has 4 aliphatic carbocycles. The molecule has 0 radical (unpaired) electrons. The Morgan fingerprint density at radius 3 is 1.45 bits per heavy atom. The van der Waals surface area contributed by atoms with Crippen molar-refractivity contribution < 1.29 is 0 Å². The number of aromatic nitrogens is 1. The Morgan fingerprint density at radius 2 is 0.980 bits per heavy atom. The molecule has 1 heterocycles. The van der Waals surface area contributed by atoms with Gasteiger partial charge < -0.3 is 4.57 Å². The van der Waals surface area contributed by atoms with E-state index in [1.54, 1.807) is 11.1 Å². The lowest BCUT2D eigenvalue weighted by Gasteiger charge is -2.63. The number of hydrogen-bond acceptors (Lipinski definition) is 0. The van der Waals surface area contributed by atoms with E-state index < -0.39 is 0 Å². The van der Waals surface area contributed by atoms with E-state index in [2.05, 4.69) is 157 Å². The van der Waals surface area contributed by atoms with Crippen LogP contribution in [0, 0.1) is 11.8 Å². The highest BCUT2D eigenvalue weighted by molar-refractivity contribution is 6.11. The second-order valence-corrected chi connectivity index (χ2v) is 15.4. The second kappa shape index (κ2) is 10.9. The summed E-state index contributed by atoms with van der Waals surface area (Å²) in [4.78, 5) is 0. The van der Waals surface area contributed by atoms with Crippen molar-refractivity contribution in [2.24, 2.45) is 11.8 Å². The van der Waals surface area contributed by atoms with Crippen molar-refractivity contribution in [1.82, 2.24) is 4.57 Å². The first kappa shape index (κ1) is 28.8. The van der Waals surface area contributed by atoms with Crippen LogP contribution in [-0.2, 0) is 10.8 Å². The maximum Gasteiger partial charge on any atom is 0.0541 e. The molecule has 1 heteroatoms. The quantitative estimate of drug-likeness (QED) is 0.172. The summed E-state index contributed by atoms with van der Waals surface area (Å²) in [5, 5.41) is 2.59. The molecule has 1 aromatic heterocycles. The monoisotopic (exact) mass is 631 g/mol. The fraction of sp³-hybridized carbons (Fsp3) is 0.208. The zero-order valence-electron chi connectivity index (χ0n) is 28.0. The van der Waals surface area contributed by atoms with Gasteiger partial charge in [-0.3, -0.25) is 0 Å². The van der Waals surface area contributed by atoms with Gasteiger partial charge in [-0.05, 0) is 137 Å². The molecule has 6 aromatic carbocycles. The normalized spacial score (nSPS) is 24.1. The minimum Gasteiger partial charge on any atom is -0.309 e. The molecule has 4 fully saturated rings. The van der Waals surface area contributed by atoms with Gasteiger partial charge in [0.1, 0.15) is 0 Å². The third-order valence-electron chi connectivity index (χ3n) is 12.5. The maximum absolute atomic E-state index is 3.99. The predicted molar refractivity (Wildman–Crippen MR) is 206 cm³/mol. The third-order valence-corrected chi connectivity index (χ3v) is 12.5. The van der Waals surface area contributed by atoms with Crippen LogP contribution in [0.1, 0.15) is 55.2 Å². The van der Waals surface area contributed by atoms with E-state index in [1.165, 1.54) is 93.8 Å². The molecule has 7 aromatic rings. The molecule has 0 amide bonds. The summed E-state index contributed by atoms with van der Waals surface area (Å²) in [5.74, 6) is 1.66. The van der Waals surface area contributed by atoms with Crippen molar-refractivity contribution >= 4 is 27.9 Å². The minimum absolute atomic E-state index is 0.274. The van der Waals surface area contributed by atoms with E-state index >= 15 is 0 Å². The molecule has 1 nitrogen and oxygen atoms in total. The smallest absolute Gasteiger partial charge is 0.0541 e. The van der Waals surface area contributed by atoms with Gasteiger partial charge in [0.15, 0.2) is 0 Å². The molecule has 11 rings (SSSR count). The van der Waals surface area contributed by atoms with Crippen LogP contribution in [0.25, 0.3) is 55.8 Å². The van der Waals surface area contributed by atoms with E-state index in [1.807, 2.05) is 6.08 Å². The highest BCUT2D eigenvalue weighted by atomic mass is 15.0. The Balaban J connectivity index is 1.08. The average molecular weight is 632 g/mol. The van der Waals surface area contributed by atoms with Crippen LogP contribution in [-0.4, -0.2) is 4.57 Å². The fourth-order valence-electron chi connectivity index (χ4n) is 10.8. The molecule has 238 valence electrons. The first-order chi connectivity index (χ1) is 24.1. The van der Waals surface area contributed by atoms with E-state index in [4.69, 9.17) is 0 Å². The first-order valence-electron chi connectivity index (χ1n) is 18.1. The summed E-state index contributed by atoms with van der Waals surface area (Å²) >= 11 is 0. The van der Waals surface area contributed by atoms with Gasteiger partial charge in [0.25, 0.3) is 0 Å². The SMILES string of the molecule is C=Cc1ccc(C23CC4CC(C2)CC(c2ccc(-n5c6ccc(-c7ccccc7)cc6c6cc(-c7ccccc7)ccc65)cc2)(C4)C3)cc1. The number of hydrogen-bond donors (Lipinski definition) is 0. The number of fused-ring (bicyclic) bond motifs is 3. The average Bonchev–Trinajstić information content (AvgIpc) is 3.48. The molecule has 2 unspecified atom stereocenters. The summed E-state index contributed by atoms with van der Waals surface area (Å²) in [6, 6.07) is 54.7. The zero-order chi connectivity index (χ0) is 32.6. The second-order valence-electron chi connectivity index (χ2n) is 15.4. The lowest BCUT2D eigenvalue weighted by Crippen LogP contribution is -2.55. The Kier molecular flexibility index (Phi) is 6.44. The van der Waals surface area contributed by atoms with E-state index in [0.717, 1.165) is 11.8 Å². The Labute approximate surface area is 289 Å². The van der Waals surface area contributed by atoms with Crippen molar-refractivity contribution in [1.29, 1.82) is 0 Å². The summed E-state index contributed by atoms with van der Waals surface area (Å²) in [5.41, 5.74) is 13.7. The van der Waals surface area contributed by atoms with E-state index in [-0.39, 0.29) is 5.41 Å². The molecule has 2 atom stereocenters. The third kappa shape index (κ3) is 4.59. The van der Waals surface area contributed by atoms with Crippen LogP contribution in [0.5, 0.6) is 0 Å². The van der Waals surface area contributed by atoms with Gasteiger partial charge in [-0.1, -0.05) is 122 Å². The van der Waals surface area contributed by atoms with Crippen LogP contribution < -0.4 is 0 Å². The molecule has 0 saturated heterocycles. The lowest BCUT2D eigenvalue weighted by molar-refractivity contribution is -0.0281. The number of nitrogens with zero attached hydrogens (tertiary/aromatic N) is 1. The van der Waals surface area contributed by atoms with Crippen molar-refractivity contribution in [3.63, 3.8) is 0 Å². The largest absolute Gasteiger partial charge is 0.309 e. The van der Waals surface area contributed by atoms with Crippen molar-refractivity contribution in [3.8, 4) is 27.9 Å². The van der Waals surface area contributed by atoms with Gasteiger partial charge in [0, 0.05) is 16.5 Å². The molecular formula is C48H41N. The highest BCUT2D eigenvalue weighted by Crippen LogP contribution is 2.66. The van der Waals surface area contributed by atoms with Gasteiger partial charge in [-0.15, -0.1) is 0 Å². The standard InChI is InChI=1S/C48H41N/c1-2-33-13-17-40(18-14-33)47-28-34-25-35(29-47)31-48(30-34,32-47)41-19-21-42(22-20-41)49-45-23-15-38(36-9-5-3-6-10-36)26-43(45)44-27-39(16-24-46(44)49)37-11-7-4-8-12-37/h2-24,26-27,34-35H,1,25,28-32H2. The van der Waals surface area contributed by atoms with E-state index in [0.29, 0.717) is 5.41 Å². The topological polar surface area (TPSA) is 4.93 Å². The number of benzene rings is 6. The van der Waals surface area contributed by atoms with Crippen LogP contribution in [0.15, 0.2) is 152 Å². The lowest BCUT2D eigenvalue weighted by atomic mass is 9.42. The predicted octanol–water partition coefficient (Wildman–Crippen LogP) is 12.6. The van der Waals surface area contributed by atoms with E-state index in [9.17, 15) is 0 Å². The fourth-order valence-corrected chi connectivity index (χ4v) is 10.8. The molecule has 49 heavy (non-hydrogen) atoms. The van der Waals surface area contributed by atoms with Gasteiger partial charge in [0.05, 0.1) is 11.0 Å². The van der Waals surface area contributed by atoms with Gasteiger partial charge >= 0.3 is 0 Å². The molecule has 0 N–H and O–H groups in total. The Morgan fingerprint density at radius 1 is 0.510 bits per heavy atom. The first-order valence-corrected chi connectivity index (χ1v) is 18.1. The van der Waals surface area contributed by atoms with Crippen LogP contribution in [0.4, 0.5) is 0 Å². The Bertz CT molecular complexity index is 2230. The molecule has 4 bridgehead atoms. The van der Waals surface area contributed by atoms with Crippen LogP contribution >= 0.6 is 0 Å². The summed E-state index contributed by atoms with van der Waals surface area (Å²) in [6.45, 7) is 3.99. The summed E-state index contributed by atoms with van der Waals surface area (Å²) < 4.78 is 2.49. The van der Waals surface area contributed by atoms with Crippen molar-refractivity contribution in [3.05, 3.63) is 169 Å². The van der Waals surface area contributed by atoms with Gasteiger partial charge in [-0.2, -0.15) is 0 Å². The highest BCUT2D eigenvalue weighted by Gasteiger charge is 2.58. The molecular weight excluding hydrogens is 591 g/mol. The number of rotatable bonds is 6. The van der Waals surface area contributed by atoms with Gasteiger partial charge in [0.2, 0.25) is 0 Å². The zero-order valence-corrected chi connectivity index (χ0v) is 28.0. The van der Waals surface area contributed by atoms with Crippen LogP contribution in [0.3, 0.4) is 0 Å². The Hall–Kier alpha value is -5.14.